The van der Waals surface area contributed by atoms with E-state index in [2.05, 4.69) is 65.6 Å². The van der Waals surface area contributed by atoms with Gasteiger partial charge in [0.05, 0.1) is 10.4 Å². The smallest absolute Gasteiger partial charge is 0.270 e. The molecule has 0 radical (unpaired) electrons. The van der Waals surface area contributed by atoms with Gasteiger partial charge in [-0.1, -0.05) is 63.2 Å². The van der Waals surface area contributed by atoms with Crippen molar-refractivity contribution in [3.8, 4) is 0 Å². The molecule has 0 amide bonds. The molecule has 0 atom stereocenters. The van der Waals surface area contributed by atoms with Crippen LogP contribution < -0.4 is 10.6 Å². The molecule has 0 bridgehead atoms. The second kappa shape index (κ2) is 10.8. The van der Waals surface area contributed by atoms with E-state index in [0.29, 0.717) is 22.7 Å². The van der Waals surface area contributed by atoms with Gasteiger partial charge >= 0.3 is 0 Å². The Labute approximate surface area is 223 Å². The van der Waals surface area contributed by atoms with Crippen molar-refractivity contribution in [2.75, 3.05) is 23.7 Å². The molecule has 2 heterocycles. The van der Waals surface area contributed by atoms with E-state index in [4.69, 9.17) is 4.98 Å². The van der Waals surface area contributed by atoms with E-state index in [1.54, 1.807) is 6.07 Å². The third-order valence-corrected chi connectivity index (χ3v) is 7.07. The molecule has 3 aromatic carbocycles. The molecule has 2 N–H and O–H groups in total. The maximum Gasteiger partial charge on any atom is 0.270 e. The van der Waals surface area contributed by atoms with Crippen LogP contribution in [0.15, 0.2) is 72.8 Å². The summed E-state index contributed by atoms with van der Waals surface area (Å²) in [5, 5.41) is 18.8. The zero-order valence-electron chi connectivity index (χ0n) is 22.1. The summed E-state index contributed by atoms with van der Waals surface area (Å²) in [5.41, 5.74) is 4.39. The molecule has 4 aromatic rings. The maximum absolute atomic E-state index is 11.4. The number of nitro groups is 1. The van der Waals surface area contributed by atoms with E-state index in [1.165, 1.54) is 23.3 Å². The van der Waals surface area contributed by atoms with E-state index >= 15 is 0 Å². The van der Waals surface area contributed by atoms with Crippen molar-refractivity contribution in [3.05, 3.63) is 94.0 Å². The lowest BCUT2D eigenvalue weighted by atomic mass is 9.86. The Morgan fingerprint density at radius 2 is 1.68 bits per heavy atom. The zero-order valence-corrected chi connectivity index (χ0v) is 22.1. The van der Waals surface area contributed by atoms with Crippen molar-refractivity contribution < 1.29 is 4.92 Å². The first-order chi connectivity index (χ1) is 18.2. The van der Waals surface area contributed by atoms with Gasteiger partial charge in [0.1, 0.15) is 5.82 Å². The Kier molecular flexibility index (Phi) is 7.24. The molecule has 1 aliphatic heterocycles. The van der Waals surface area contributed by atoms with E-state index in [1.807, 2.05) is 30.3 Å². The Morgan fingerprint density at radius 3 is 2.34 bits per heavy atom. The normalized spacial score (nSPS) is 14.9. The van der Waals surface area contributed by atoms with E-state index in [-0.39, 0.29) is 17.1 Å². The van der Waals surface area contributed by atoms with E-state index in [0.717, 1.165) is 38.2 Å². The highest BCUT2D eigenvalue weighted by Crippen LogP contribution is 2.29. The van der Waals surface area contributed by atoms with Gasteiger partial charge in [-0.2, -0.15) is 4.98 Å². The number of piperidine rings is 1. The van der Waals surface area contributed by atoms with E-state index < -0.39 is 4.92 Å². The van der Waals surface area contributed by atoms with Crippen LogP contribution in [-0.4, -0.2) is 38.9 Å². The van der Waals surface area contributed by atoms with Crippen LogP contribution >= 0.6 is 0 Å². The minimum atomic E-state index is -0.398. The fourth-order valence-corrected chi connectivity index (χ4v) is 4.83. The highest BCUT2D eigenvalue weighted by Gasteiger charge is 2.21. The van der Waals surface area contributed by atoms with Crippen LogP contribution in [0.2, 0.25) is 0 Å². The van der Waals surface area contributed by atoms with Gasteiger partial charge in [-0.25, -0.2) is 4.98 Å². The standard InChI is InChI=1S/C30H34N6O2/c1-30(2,3)22-11-9-21(10-12-22)20-35-17-15-24(16-18-35)32-29-33-27-14-13-25(36(37)38)19-26(27)28(34-29)31-23-7-5-4-6-8-23/h4-14,19,24H,15-18,20H2,1-3H3,(H2,31,32,33,34). The van der Waals surface area contributed by atoms with Crippen LogP contribution in [0.5, 0.6) is 0 Å². The quantitative estimate of drug-likeness (QED) is 0.212. The Hall–Kier alpha value is -4.04. The number of rotatable bonds is 7. The number of non-ortho nitro benzene ring substituents is 1. The SMILES string of the molecule is CC(C)(C)c1ccc(CN2CCC(Nc3nc(Nc4ccccc4)c4cc([N+](=O)[O-])ccc4n3)CC2)cc1. The fourth-order valence-electron chi connectivity index (χ4n) is 4.83. The van der Waals surface area contributed by atoms with Gasteiger partial charge in [0.2, 0.25) is 5.95 Å². The number of nitro benzene ring substituents is 1. The number of aromatic nitrogens is 2. The molecule has 196 valence electrons. The third kappa shape index (κ3) is 6.08. The highest BCUT2D eigenvalue weighted by atomic mass is 16.6. The van der Waals surface area contributed by atoms with E-state index in [9.17, 15) is 10.1 Å². The lowest BCUT2D eigenvalue weighted by Crippen LogP contribution is -2.39. The van der Waals surface area contributed by atoms with Crippen LogP contribution in [-0.2, 0) is 12.0 Å². The Bertz CT molecular complexity index is 1410. The van der Waals surface area contributed by atoms with Crippen LogP contribution in [0.4, 0.5) is 23.1 Å². The van der Waals surface area contributed by atoms with Gasteiger partial charge in [-0.3, -0.25) is 15.0 Å². The fraction of sp³-hybridized carbons (Fsp3) is 0.333. The van der Waals surface area contributed by atoms with Gasteiger partial charge in [-0.15, -0.1) is 0 Å². The third-order valence-electron chi connectivity index (χ3n) is 7.07. The van der Waals surface area contributed by atoms with Crippen LogP contribution in [0.25, 0.3) is 10.9 Å². The highest BCUT2D eigenvalue weighted by molar-refractivity contribution is 5.93. The number of anilines is 3. The first-order valence-electron chi connectivity index (χ1n) is 13.1. The number of fused-ring (bicyclic) bond motifs is 1. The molecule has 1 fully saturated rings. The average molecular weight is 511 g/mol. The number of likely N-dealkylation sites (tertiary alicyclic amines) is 1. The number of nitrogens with one attached hydrogen (secondary N) is 2. The second-order valence-corrected chi connectivity index (χ2v) is 11.0. The topological polar surface area (TPSA) is 96.2 Å². The van der Waals surface area contributed by atoms with Crippen LogP contribution in [0.3, 0.4) is 0 Å². The molecule has 1 aliphatic rings. The number of benzene rings is 3. The minimum Gasteiger partial charge on any atom is -0.351 e. The van der Waals surface area contributed by atoms with Crippen molar-refractivity contribution in [2.24, 2.45) is 0 Å². The Morgan fingerprint density at radius 1 is 0.974 bits per heavy atom. The molecule has 0 unspecified atom stereocenters. The van der Waals surface area contributed by atoms with Crippen molar-refractivity contribution in [2.45, 2.75) is 51.6 Å². The minimum absolute atomic E-state index is 0.0124. The second-order valence-electron chi connectivity index (χ2n) is 11.0. The first-order valence-corrected chi connectivity index (χ1v) is 13.1. The Balaban J connectivity index is 1.27. The molecule has 1 saturated heterocycles. The maximum atomic E-state index is 11.4. The molecule has 38 heavy (non-hydrogen) atoms. The number of nitrogens with zero attached hydrogens (tertiary/aromatic N) is 4. The van der Waals surface area contributed by atoms with Gasteiger partial charge in [0, 0.05) is 48.9 Å². The predicted molar refractivity (Wildman–Crippen MR) is 153 cm³/mol. The number of para-hydroxylation sites is 1. The molecule has 0 aliphatic carbocycles. The summed E-state index contributed by atoms with van der Waals surface area (Å²) in [4.78, 5) is 22.9. The molecule has 8 heteroatoms. The lowest BCUT2D eigenvalue weighted by Gasteiger charge is -2.32. The predicted octanol–water partition coefficient (Wildman–Crippen LogP) is 6.66. The molecule has 0 spiro atoms. The summed E-state index contributed by atoms with van der Waals surface area (Å²) in [6.45, 7) is 9.66. The summed E-state index contributed by atoms with van der Waals surface area (Å²) in [7, 11) is 0. The molecule has 1 aromatic heterocycles. The average Bonchev–Trinajstić information content (AvgIpc) is 2.90. The first kappa shape index (κ1) is 25.6. The van der Waals surface area contributed by atoms with Gasteiger partial charge in [-0.05, 0) is 47.6 Å². The summed E-state index contributed by atoms with van der Waals surface area (Å²) in [6.07, 6.45) is 1.98. The van der Waals surface area contributed by atoms with Crippen LogP contribution in [0, 0.1) is 10.1 Å². The number of hydrogen-bond acceptors (Lipinski definition) is 7. The molecule has 0 saturated carbocycles. The molecular weight excluding hydrogens is 476 g/mol. The lowest BCUT2D eigenvalue weighted by molar-refractivity contribution is -0.384. The zero-order chi connectivity index (χ0) is 26.7. The number of hydrogen-bond donors (Lipinski definition) is 2. The van der Waals surface area contributed by atoms with Crippen molar-refractivity contribution in [1.29, 1.82) is 0 Å². The largest absolute Gasteiger partial charge is 0.351 e. The summed E-state index contributed by atoms with van der Waals surface area (Å²) < 4.78 is 0. The van der Waals surface area contributed by atoms with Gasteiger partial charge in [0.15, 0.2) is 0 Å². The summed E-state index contributed by atoms with van der Waals surface area (Å²) in [5.74, 6) is 1.07. The van der Waals surface area contributed by atoms with Crippen molar-refractivity contribution in [3.63, 3.8) is 0 Å². The summed E-state index contributed by atoms with van der Waals surface area (Å²) >= 11 is 0. The van der Waals surface area contributed by atoms with Gasteiger partial charge < -0.3 is 10.6 Å². The van der Waals surface area contributed by atoms with Gasteiger partial charge in [0.25, 0.3) is 5.69 Å². The van der Waals surface area contributed by atoms with Crippen molar-refractivity contribution >= 4 is 34.0 Å². The van der Waals surface area contributed by atoms with Crippen LogP contribution in [0.1, 0.15) is 44.7 Å². The molecular formula is C30H34N6O2. The van der Waals surface area contributed by atoms with Crippen molar-refractivity contribution in [1.82, 2.24) is 14.9 Å². The molecule has 5 rings (SSSR count). The summed E-state index contributed by atoms with van der Waals surface area (Å²) in [6, 6.07) is 23.6. The molecule has 8 nitrogen and oxygen atoms in total. The monoisotopic (exact) mass is 510 g/mol.